The summed E-state index contributed by atoms with van der Waals surface area (Å²) in [5.74, 6) is 0.756. The van der Waals surface area contributed by atoms with Gasteiger partial charge in [-0.2, -0.15) is 0 Å². The highest BCUT2D eigenvalue weighted by atomic mass is 16.5. The van der Waals surface area contributed by atoms with E-state index in [1.54, 1.807) is 6.20 Å². The van der Waals surface area contributed by atoms with Crippen LogP contribution in [0.15, 0.2) is 6.20 Å². The minimum Gasteiger partial charge on any atom is -0.376 e. The third kappa shape index (κ3) is 2.82. The van der Waals surface area contributed by atoms with E-state index in [1.165, 1.54) is 0 Å². The zero-order valence-electron chi connectivity index (χ0n) is 12.1. The Bertz CT molecular complexity index is 522. The molecule has 1 atom stereocenters. The van der Waals surface area contributed by atoms with E-state index in [9.17, 15) is 4.79 Å². The van der Waals surface area contributed by atoms with Gasteiger partial charge in [-0.15, -0.1) is 0 Å². The number of hydrogen-bond donors (Lipinski definition) is 1. The van der Waals surface area contributed by atoms with Gasteiger partial charge in [0.05, 0.1) is 17.4 Å². The van der Waals surface area contributed by atoms with Crippen molar-refractivity contribution >= 4 is 11.7 Å². The molecule has 0 unspecified atom stereocenters. The molecule has 0 saturated carbocycles. The first-order valence-corrected chi connectivity index (χ1v) is 7.28. The van der Waals surface area contributed by atoms with Crippen LogP contribution in [-0.4, -0.2) is 35.0 Å². The van der Waals surface area contributed by atoms with Crippen molar-refractivity contribution in [3.63, 3.8) is 0 Å². The van der Waals surface area contributed by atoms with Crippen molar-refractivity contribution in [1.82, 2.24) is 9.97 Å². The zero-order chi connectivity index (χ0) is 14.2. The maximum Gasteiger partial charge on any atom is 0.222 e. The zero-order valence-corrected chi connectivity index (χ0v) is 12.1. The number of aromatic nitrogens is 2. The number of Topliss-reactive ketones (excluding diaryl/α,β-unsaturated/α-hetero) is 1. The van der Waals surface area contributed by atoms with Crippen LogP contribution in [0.4, 0.5) is 5.95 Å². The number of carbonyl (C=O) groups excluding carboxylic acids is 1. The van der Waals surface area contributed by atoms with Gasteiger partial charge >= 0.3 is 0 Å². The summed E-state index contributed by atoms with van der Waals surface area (Å²) in [6, 6.07) is 0. The quantitative estimate of drug-likeness (QED) is 0.916. The molecule has 0 bridgehead atoms. The first kappa shape index (κ1) is 13.5. The van der Waals surface area contributed by atoms with Crippen LogP contribution >= 0.6 is 0 Å². The van der Waals surface area contributed by atoms with Gasteiger partial charge in [-0.3, -0.25) is 4.79 Å². The number of nitrogens with zero attached hydrogens (tertiary/aromatic N) is 2. The normalized spacial score (nSPS) is 24.5. The molecule has 2 heterocycles. The number of fused-ring (bicyclic) bond motifs is 1. The van der Waals surface area contributed by atoms with Gasteiger partial charge in [0.25, 0.3) is 0 Å². The number of ketones is 1. The van der Waals surface area contributed by atoms with Crippen molar-refractivity contribution in [2.24, 2.45) is 5.41 Å². The van der Waals surface area contributed by atoms with Gasteiger partial charge in [-0.25, -0.2) is 9.97 Å². The third-order valence-electron chi connectivity index (χ3n) is 3.97. The lowest BCUT2D eigenvalue weighted by molar-refractivity contribution is 0.0909. The Morgan fingerprint density at radius 3 is 3.05 bits per heavy atom. The molecular formula is C15H21N3O2. The molecule has 2 aliphatic rings. The van der Waals surface area contributed by atoms with E-state index in [0.717, 1.165) is 38.1 Å². The first-order chi connectivity index (χ1) is 9.53. The average Bonchev–Trinajstić information content (AvgIpc) is 2.87. The molecule has 1 fully saturated rings. The molecule has 5 heteroatoms. The van der Waals surface area contributed by atoms with Gasteiger partial charge in [-0.1, -0.05) is 13.8 Å². The second-order valence-electron chi connectivity index (χ2n) is 6.51. The molecule has 1 aliphatic heterocycles. The Morgan fingerprint density at radius 2 is 2.30 bits per heavy atom. The maximum atomic E-state index is 12.1. The van der Waals surface area contributed by atoms with Crippen LogP contribution in [0, 0.1) is 5.41 Å². The summed E-state index contributed by atoms with van der Waals surface area (Å²) in [5, 5.41) is 3.22. The van der Waals surface area contributed by atoms with E-state index in [2.05, 4.69) is 29.1 Å². The molecule has 1 aromatic rings. The molecular weight excluding hydrogens is 254 g/mol. The van der Waals surface area contributed by atoms with E-state index >= 15 is 0 Å². The molecule has 1 aliphatic carbocycles. The van der Waals surface area contributed by atoms with Crippen molar-refractivity contribution in [1.29, 1.82) is 0 Å². The average molecular weight is 275 g/mol. The van der Waals surface area contributed by atoms with Crippen molar-refractivity contribution < 1.29 is 9.53 Å². The third-order valence-corrected chi connectivity index (χ3v) is 3.97. The van der Waals surface area contributed by atoms with Crippen LogP contribution in [0.3, 0.4) is 0 Å². The fourth-order valence-electron chi connectivity index (χ4n) is 2.93. The Kier molecular flexibility index (Phi) is 3.46. The number of ether oxygens (including phenoxy) is 1. The summed E-state index contributed by atoms with van der Waals surface area (Å²) < 4.78 is 5.57. The number of nitrogens with one attached hydrogen (secondary N) is 1. The molecule has 0 radical (unpaired) electrons. The fourth-order valence-corrected chi connectivity index (χ4v) is 2.93. The lowest BCUT2D eigenvalue weighted by Gasteiger charge is -2.29. The molecule has 1 N–H and O–H groups in total. The summed E-state index contributed by atoms with van der Waals surface area (Å²) >= 11 is 0. The summed E-state index contributed by atoms with van der Waals surface area (Å²) in [6.07, 6.45) is 5.53. The Morgan fingerprint density at radius 1 is 1.45 bits per heavy atom. The second kappa shape index (κ2) is 5.13. The van der Waals surface area contributed by atoms with Gasteiger partial charge in [0, 0.05) is 25.8 Å². The van der Waals surface area contributed by atoms with Gasteiger partial charge < -0.3 is 10.1 Å². The highest BCUT2D eigenvalue weighted by Crippen LogP contribution is 2.33. The Balaban J connectivity index is 1.73. The van der Waals surface area contributed by atoms with Crippen molar-refractivity contribution in [2.75, 3.05) is 18.5 Å². The van der Waals surface area contributed by atoms with Gasteiger partial charge in [-0.05, 0) is 24.7 Å². The molecule has 0 spiro atoms. The molecule has 0 amide bonds. The minimum absolute atomic E-state index is 0.00965. The van der Waals surface area contributed by atoms with Crippen LogP contribution < -0.4 is 5.32 Å². The minimum atomic E-state index is -0.00965. The number of anilines is 1. The predicted molar refractivity (Wildman–Crippen MR) is 75.9 cm³/mol. The molecule has 1 aromatic heterocycles. The number of hydrogen-bond acceptors (Lipinski definition) is 5. The molecule has 108 valence electrons. The lowest BCUT2D eigenvalue weighted by atomic mass is 9.76. The second-order valence-corrected chi connectivity index (χ2v) is 6.51. The maximum absolute atomic E-state index is 12.1. The van der Waals surface area contributed by atoms with E-state index in [0.29, 0.717) is 17.9 Å². The van der Waals surface area contributed by atoms with Crippen molar-refractivity contribution in [3.8, 4) is 0 Å². The van der Waals surface area contributed by atoms with Crippen LogP contribution in [0.2, 0.25) is 0 Å². The van der Waals surface area contributed by atoms with Gasteiger partial charge in [0.2, 0.25) is 5.95 Å². The molecule has 5 nitrogen and oxygen atoms in total. The standard InChI is InChI=1S/C15H21N3O2/c1-15(2)6-12-11(13(19)7-15)9-17-14(18-12)16-8-10-4-3-5-20-10/h9-10H,3-8H2,1-2H3,(H,16,17,18)/t10-/m0/s1. The van der Waals surface area contributed by atoms with Crippen LogP contribution in [-0.2, 0) is 11.2 Å². The number of carbonyl (C=O) groups is 1. The highest BCUT2D eigenvalue weighted by molar-refractivity contribution is 5.98. The first-order valence-electron chi connectivity index (χ1n) is 7.28. The van der Waals surface area contributed by atoms with E-state index in [1.807, 2.05) is 0 Å². The molecule has 20 heavy (non-hydrogen) atoms. The van der Waals surface area contributed by atoms with Crippen LogP contribution in [0.5, 0.6) is 0 Å². The van der Waals surface area contributed by atoms with E-state index in [-0.39, 0.29) is 17.3 Å². The summed E-state index contributed by atoms with van der Waals surface area (Å²) in [5.41, 5.74) is 1.55. The van der Waals surface area contributed by atoms with Crippen molar-refractivity contribution in [2.45, 2.75) is 45.6 Å². The summed E-state index contributed by atoms with van der Waals surface area (Å²) in [7, 11) is 0. The molecule has 0 aromatic carbocycles. The molecule has 3 rings (SSSR count). The molecule has 1 saturated heterocycles. The van der Waals surface area contributed by atoms with Crippen LogP contribution in [0.25, 0.3) is 0 Å². The SMILES string of the molecule is CC1(C)CC(=O)c2cnc(NC[C@@H]3CCCO3)nc2C1. The van der Waals surface area contributed by atoms with Gasteiger partial charge in [0.15, 0.2) is 5.78 Å². The van der Waals surface area contributed by atoms with Gasteiger partial charge in [0.1, 0.15) is 0 Å². The largest absolute Gasteiger partial charge is 0.376 e. The topological polar surface area (TPSA) is 64.1 Å². The fraction of sp³-hybridized carbons (Fsp3) is 0.667. The number of rotatable bonds is 3. The smallest absolute Gasteiger partial charge is 0.222 e. The van der Waals surface area contributed by atoms with E-state index in [4.69, 9.17) is 4.74 Å². The Hall–Kier alpha value is -1.49. The highest BCUT2D eigenvalue weighted by Gasteiger charge is 2.32. The Labute approximate surface area is 119 Å². The summed E-state index contributed by atoms with van der Waals surface area (Å²) in [4.78, 5) is 20.8. The lowest BCUT2D eigenvalue weighted by Crippen LogP contribution is -2.29. The van der Waals surface area contributed by atoms with Crippen molar-refractivity contribution in [3.05, 3.63) is 17.5 Å². The van der Waals surface area contributed by atoms with E-state index < -0.39 is 0 Å². The predicted octanol–water partition coefficient (Wildman–Crippen LogP) is 2.22. The van der Waals surface area contributed by atoms with Crippen LogP contribution in [0.1, 0.15) is 49.2 Å². The summed E-state index contributed by atoms with van der Waals surface area (Å²) in [6.45, 7) is 5.79. The monoisotopic (exact) mass is 275 g/mol.